The average molecular weight is 309 g/mol. The summed E-state index contributed by atoms with van der Waals surface area (Å²) in [7, 11) is 1.67. The molecular weight excluding hydrogens is 292 g/mol. The first-order valence-corrected chi connectivity index (χ1v) is 7.64. The van der Waals surface area contributed by atoms with Crippen LogP contribution >= 0.6 is 23.4 Å². The van der Waals surface area contributed by atoms with Gasteiger partial charge in [0.1, 0.15) is 10.8 Å². The van der Waals surface area contributed by atoms with Crippen molar-refractivity contribution >= 4 is 23.4 Å². The molecule has 1 unspecified atom stereocenters. The van der Waals surface area contributed by atoms with Crippen LogP contribution in [0.15, 0.2) is 41.6 Å². The Kier molecular flexibility index (Phi) is 5.29. The molecule has 2 aromatic rings. The zero-order chi connectivity index (χ0) is 14.5. The SMILES string of the molecule is COc1ccc(C(C)N)cc1CSc1ncccc1Cl. The van der Waals surface area contributed by atoms with Gasteiger partial charge in [-0.1, -0.05) is 17.7 Å². The zero-order valence-electron chi connectivity index (χ0n) is 11.5. The molecule has 0 aliphatic rings. The smallest absolute Gasteiger partial charge is 0.122 e. The van der Waals surface area contributed by atoms with Crippen molar-refractivity contribution in [2.75, 3.05) is 7.11 Å². The first-order chi connectivity index (χ1) is 9.61. The van der Waals surface area contributed by atoms with Gasteiger partial charge in [0.05, 0.1) is 12.1 Å². The molecule has 0 bridgehead atoms. The number of nitrogens with two attached hydrogens (primary N) is 1. The first kappa shape index (κ1) is 15.2. The van der Waals surface area contributed by atoms with Crippen LogP contribution < -0.4 is 10.5 Å². The minimum atomic E-state index is 0.00287. The van der Waals surface area contributed by atoms with Gasteiger partial charge in [-0.25, -0.2) is 4.98 Å². The summed E-state index contributed by atoms with van der Waals surface area (Å²) in [5.74, 6) is 1.59. The van der Waals surface area contributed by atoms with Crippen molar-refractivity contribution in [2.45, 2.75) is 23.7 Å². The first-order valence-electron chi connectivity index (χ1n) is 6.27. The van der Waals surface area contributed by atoms with Crippen LogP contribution in [0.2, 0.25) is 5.02 Å². The van der Waals surface area contributed by atoms with Crippen molar-refractivity contribution in [2.24, 2.45) is 5.73 Å². The maximum atomic E-state index is 6.11. The van der Waals surface area contributed by atoms with Crippen LogP contribution in [0.3, 0.4) is 0 Å². The molecule has 0 aliphatic carbocycles. The van der Waals surface area contributed by atoms with Gasteiger partial charge >= 0.3 is 0 Å². The molecule has 1 aromatic carbocycles. The highest BCUT2D eigenvalue weighted by Gasteiger charge is 2.09. The molecular formula is C15H17ClN2OS. The molecule has 0 radical (unpaired) electrons. The van der Waals surface area contributed by atoms with Gasteiger partial charge in [-0.15, -0.1) is 11.8 Å². The van der Waals surface area contributed by atoms with E-state index in [1.54, 1.807) is 25.1 Å². The van der Waals surface area contributed by atoms with Crippen LogP contribution in [0, 0.1) is 0 Å². The quantitative estimate of drug-likeness (QED) is 0.846. The second-order valence-electron chi connectivity index (χ2n) is 4.44. The Morgan fingerprint density at radius 2 is 2.20 bits per heavy atom. The maximum absolute atomic E-state index is 6.11. The lowest BCUT2D eigenvalue weighted by atomic mass is 10.1. The fraction of sp³-hybridized carbons (Fsp3) is 0.267. The normalized spacial score (nSPS) is 12.2. The maximum Gasteiger partial charge on any atom is 0.122 e. The fourth-order valence-corrected chi connectivity index (χ4v) is 2.96. The molecule has 0 fully saturated rings. The summed E-state index contributed by atoms with van der Waals surface area (Å²) < 4.78 is 5.39. The number of ether oxygens (including phenoxy) is 1. The minimum absolute atomic E-state index is 0.00287. The molecule has 20 heavy (non-hydrogen) atoms. The van der Waals surface area contributed by atoms with Gasteiger partial charge in [-0.05, 0) is 36.8 Å². The third-order valence-electron chi connectivity index (χ3n) is 2.92. The van der Waals surface area contributed by atoms with E-state index in [1.807, 2.05) is 31.2 Å². The predicted octanol–water partition coefficient (Wildman–Crippen LogP) is 4.06. The number of nitrogens with zero attached hydrogens (tertiary/aromatic N) is 1. The van der Waals surface area contributed by atoms with Crippen LogP contribution in [-0.4, -0.2) is 12.1 Å². The van der Waals surface area contributed by atoms with E-state index in [9.17, 15) is 0 Å². The molecule has 0 spiro atoms. The van der Waals surface area contributed by atoms with E-state index in [4.69, 9.17) is 22.1 Å². The molecule has 1 atom stereocenters. The van der Waals surface area contributed by atoms with E-state index in [0.717, 1.165) is 27.7 Å². The number of rotatable bonds is 5. The summed E-state index contributed by atoms with van der Waals surface area (Å²) in [6.07, 6.45) is 1.74. The standard InChI is InChI=1S/C15H17ClN2OS/c1-10(17)11-5-6-14(19-2)12(8-11)9-20-15-13(16)4-3-7-18-15/h3-8,10H,9,17H2,1-2H3. The second-order valence-corrected chi connectivity index (χ2v) is 5.81. The van der Waals surface area contributed by atoms with Crippen LogP contribution in [0.1, 0.15) is 24.1 Å². The molecule has 2 N–H and O–H groups in total. The Bertz CT molecular complexity index is 590. The second kappa shape index (κ2) is 6.97. The number of methoxy groups -OCH3 is 1. The summed E-state index contributed by atoms with van der Waals surface area (Å²) in [6, 6.07) is 9.69. The van der Waals surface area contributed by atoms with E-state index in [1.165, 1.54) is 0 Å². The van der Waals surface area contributed by atoms with Crippen LogP contribution in [0.4, 0.5) is 0 Å². The van der Waals surface area contributed by atoms with Crippen molar-refractivity contribution < 1.29 is 4.74 Å². The Labute approximate surface area is 128 Å². The van der Waals surface area contributed by atoms with Crippen molar-refractivity contribution in [3.63, 3.8) is 0 Å². The molecule has 1 aromatic heterocycles. The lowest BCUT2D eigenvalue weighted by Crippen LogP contribution is -2.05. The van der Waals surface area contributed by atoms with Crippen molar-refractivity contribution in [3.8, 4) is 5.75 Å². The number of pyridine rings is 1. The van der Waals surface area contributed by atoms with Crippen molar-refractivity contribution in [1.82, 2.24) is 4.98 Å². The number of thioether (sulfide) groups is 1. The Hall–Kier alpha value is -1.23. The molecule has 106 valence electrons. The highest BCUT2D eigenvalue weighted by molar-refractivity contribution is 7.98. The third-order valence-corrected chi connectivity index (χ3v) is 4.39. The molecule has 1 heterocycles. The largest absolute Gasteiger partial charge is 0.496 e. The average Bonchev–Trinajstić information content (AvgIpc) is 2.46. The molecule has 0 saturated heterocycles. The van der Waals surface area contributed by atoms with Gasteiger partial charge in [0.25, 0.3) is 0 Å². The van der Waals surface area contributed by atoms with E-state index < -0.39 is 0 Å². The summed E-state index contributed by atoms with van der Waals surface area (Å²) in [5.41, 5.74) is 8.11. The molecule has 5 heteroatoms. The number of aromatic nitrogens is 1. The predicted molar refractivity (Wildman–Crippen MR) is 84.4 cm³/mol. The van der Waals surface area contributed by atoms with Gasteiger partial charge in [0.2, 0.25) is 0 Å². The van der Waals surface area contributed by atoms with Crippen LogP contribution in [-0.2, 0) is 5.75 Å². The van der Waals surface area contributed by atoms with E-state index >= 15 is 0 Å². The lowest BCUT2D eigenvalue weighted by molar-refractivity contribution is 0.411. The summed E-state index contributed by atoms with van der Waals surface area (Å²) in [4.78, 5) is 4.27. The summed E-state index contributed by atoms with van der Waals surface area (Å²) >= 11 is 7.70. The molecule has 0 saturated carbocycles. The highest BCUT2D eigenvalue weighted by atomic mass is 35.5. The monoisotopic (exact) mass is 308 g/mol. The number of benzene rings is 1. The van der Waals surface area contributed by atoms with Gasteiger partial charge in [0.15, 0.2) is 0 Å². The highest BCUT2D eigenvalue weighted by Crippen LogP contribution is 2.31. The van der Waals surface area contributed by atoms with E-state index in [0.29, 0.717) is 5.02 Å². The van der Waals surface area contributed by atoms with Crippen molar-refractivity contribution in [3.05, 3.63) is 52.7 Å². The molecule has 3 nitrogen and oxygen atoms in total. The Balaban J connectivity index is 2.19. The van der Waals surface area contributed by atoms with Gasteiger partial charge in [0, 0.05) is 23.6 Å². The summed E-state index contributed by atoms with van der Waals surface area (Å²) in [5, 5.41) is 1.49. The van der Waals surface area contributed by atoms with Gasteiger partial charge in [-0.3, -0.25) is 0 Å². The fourth-order valence-electron chi connectivity index (χ4n) is 1.82. The Morgan fingerprint density at radius 1 is 1.40 bits per heavy atom. The topological polar surface area (TPSA) is 48.1 Å². The summed E-state index contributed by atoms with van der Waals surface area (Å²) in [6.45, 7) is 1.97. The zero-order valence-corrected chi connectivity index (χ0v) is 13.0. The van der Waals surface area contributed by atoms with E-state index in [2.05, 4.69) is 11.1 Å². The molecule has 0 amide bonds. The van der Waals surface area contributed by atoms with Crippen LogP contribution in [0.5, 0.6) is 5.75 Å². The molecule has 0 aliphatic heterocycles. The number of halogens is 1. The lowest BCUT2D eigenvalue weighted by Gasteiger charge is -2.12. The minimum Gasteiger partial charge on any atom is -0.496 e. The third kappa shape index (κ3) is 3.66. The number of hydrogen-bond donors (Lipinski definition) is 1. The van der Waals surface area contributed by atoms with Crippen molar-refractivity contribution in [1.29, 1.82) is 0 Å². The number of hydrogen-bond acceptors (Lipinski definition) is 4. The van der Waals surface area contributed by atoms with Gasteiger partial charge < -0.3 is 10.5 Å². The molecule has 2 rings (SSSR count). The van der Waals surface area contributed by atoms with E-state index in [-0.39, 0.29) is 6.04 Å². The Morgan fingerprint density at radius 3 is 2.85 bits per heavy atom. The van der Waals surface area contributed by atoms with Gasteiger partial charge in [-0.2, -0.15) is 0 Å². The van der Waals surface area contributed by atoms with Crippen LogP contribution in [0.25, 0.3) is 0 Å².